The third kappa shape index (κ3) is 4.34. The third-order valence-corrected chi connectivity index (χ3v) is 5.53. The predicted molar refractivity (Wildman–Crippen MR) is 78.8 cm³/mol. The maximum atomic E-state index is 13.3. The van der Waals surface area contributed by atoms with Gasteiger partial charge in [0.25, 0.3) is 0 Å². The summed E-state index contributed by atoms with van der Waals surface area (Å²) in [5, 5.41) is 0. The van der Waals surface area contributed by atoms with Gasteiger partial charge in [-0.1, -0.05) is 0 Å². The maximum absolute atomic E-state index is 13.3. The Morgan fingerprint density at radius 3 is 2.68 bits per heavy atom. The zero-order valence-electron chi connectivity index (χ0n) is 10.9. The van der Waals surface area contributed by atoms with Crippen LogP contribution in [0.3, 0.4) is 0 Å². The van der Waals surface area contributed by atoms with Gasteiger partial charge in [-0.25, -0.2) is 17.1 Å². The van der Waals surface area contributed by atoms with Gasteiger partial charge in [0.2, 0.25) is 10.0 Å². The molecule has 0 heterocycles. The summed E-state index contributed by atoms with van der Waals surface area (Å²) in [6.07, 6.45) is 2.75. The van der Waals surface area contributed by atoms with E-state index in [2.05, 4.69) is 0 Å². The molecule has 19 heavy (non-hydrogen) atoms. The number of benzene rings is 1. The summed E-state index contributed by atoms with van der Waals surface area (Å²) in [6.45, 7) is 0.441. The minimum Gasteiger partial charge on any atom is -0.207 e. The normalized spacial score (nSPS) is 12.1. The highest BCUT2D eigenvalue weighted by Crippen LogP contribution is 2.19. The highest BCUT2D eigenvalue weighted by atomic mass is 35.5. The lowest BCUT2D eigenvalue weighted by atomic mass is 10.2. The molecular formula is C12H17ClFNO2S2. The lowest BCUT2D eigenvalue weighted by Crippen LogP contribution is -2.28. The summed E-state index contributed by atoms with van der Waals surface area (Å²) >= 11 is 7.25. The number of nitrogens with zero attached hydrogens (tertiary/aromatic N) is 1. The SMILES string of the molecule is CSCCCN(C)S(=O)(=O)c1ccc(F)c(CCl)c1. The second kappa shape index (κ2) is 7.47. The molecule has 0 aliphatic heterocycles. The molecule has 0 aromatic heterocycles. The summed E-state index contributed by atoms with van der Waals surface area (Å²) in [4.78, 5) is 0.0798. The van der Waals surface area contributed by atoms with Gasteiger partial charge in [-0.2, -0.15) is 11.8 Å². The molecule has 0 aliphatic carbocycles. The molecule has 3 nitrogen and oxygen atoms in total. The fourth-order valence-electron chi connectivity index (χ4n) is 1.55. The monoisotopic (exact) mass is 325 g/mol. The van der Waals surface area contributed by atoms with E-state index in [4.69, 9.17) is 11.6 Å². The highest BCUT2D eigenvalue weighted by Gasteiger charge is 2.21. The van der Waals surface area contributed by atoms with Crippen molar-refractivity contribution in [2.24, 2.45) is 0 Å². The Labute approximate surface area is 123 Å². The van der Waals surface area contributed by atoms with Crippen LogP contribution in [0.1, 0.15) is 12.0 Å². The van der Waals surface area contributed by atoms with E-state index in [1.165, 1.54) is 23.5 Å². The minimum atomic E-state index is -3.57. The van der Waals surface area contributed by atoms with E-state index in [0.717, 1.165) is 18.2 Å². The number of alkyl halides is 1. The first kappa shape index (κ1) is 16.8. The molecule has 1 aromatic carbocycles. The van der Waals surface area contributed by atoms with Crippen LogP contribution in [0.15, 0.2) is 23.1 Å². The van der Waals surface area contributed by atoms with Gasteiger partial charge in [-0.3, -0.25) is 0 Å². The second-order valence-electron chi connectivity index (χ2n) is 4.06. The van der Waals surface area contributed by atoms with E-state index in [9.17, 15) is 12.8 Å². The first-order chi connectivity index (χ1) is 8.93. The van der Waals surface area contributed by atoms with Crippen LogP contribution >= 0.6 is 23.4 Å². The van der Waals surface area contributed by atoms with Crippen molar-refractivity contribution in [2.45, 2.75) is 17.2 Å². The lowest BCUT2D eigenvalue weighted by molar-refractivity contribution is 0.469. The maximum Gasteiger partial charge on any atom is 0.242 e. The molecule has 0 spiro atoms. The largest absolute Gasteiger partial charge is 0.242 e. The van der Waals surface area contributed by atoms with E-state index >= 15 is 0 Å². The molecule has 0 amide bonds. The van der Waals surface area contributed by atoms with Crippen LogP contribution in [0.25, 0.3) is 0 Å². The molecule has 0 saturated carbocycles. The van der Waals surface area contributed by atoms with Crippen molar-refractivity contribution in [2.75, 3.05) is 25.6 Å². The van der Waals surface area contributed by atoms with Gasteiger partial charge < -0.3 is 0 Å². The molecular weight excluding hydrogens is 309 g/mol. The molecule has 0 fully saturated rings. The molecule has 0 unspecified atom stereocenters. The molecule has 0 aliphatic rings. The molecule has 0 saturated heterocycles. The topological polar surface area (TPSA) is 37.4 Å². The predicted octanol–water partition coefficient (Wildman–Crippen LogP) is 2.94. The van der Waals surface area contributed by atoms with Gasteiger partial charge in [0.05, 0.1) is 10.8 Å². The third-order valence-electron chi connectivity index (χ3n) is 2.69. The molecule has 7 heteroatoms. The molecule has 108 valence electrons. The van der Waals surface area contributed by atoms with Crippen molar-refractivity contribution < 1.29 is 12.8 Å². The van der Waals surface area contributed by atoms with E-state index in [1.807, 2.05) is 6.26 Å². The first-order valence-corrected chi connectivity index (χ1v) is 9.10. The zero-order valence-corrected chi connectivity index (χ0v) is 13.3. The number of rotatable bonds is 7. The number of halogens is 2. The Bertz CT molecular complexity index is 522. The van der Waals surface area contributed by atoms with Crippen LogP contribution in [0.4, 0.5) is 4.39 Å². The van der Waals surface area contributed by atoms with Crippen LogP contribution in [-0.4, -0.2) is 38.3 Å². The zero-order chi connectivity index (χ0) is 14.5. The van der Waals surface area contributed by atoms with Crippen molar-refractivity contribution >= 4 is 33.4 Å². The van der Waals surface area contributed by atoms with Gasteiger partial charge in [0.15, 0.2) is 0 Å². The van der Waals surface area contributed by atoms with Gasteiger partial charge in [-0.15, -0.1) is 11.6 Å². The van der Waals surface area contributed by atoms with Crippen molar-refractivity contribution in [3.63, 3.8) is 0 Å². The molecule has 0 N–H and O–H groups in total. The average molecular weight is 326 g/mol. The van der Waals surface area contributed by atoms with E-state index < -0.39 is 15.8 Å². The summed E-state index contributed by atoms with van der Waals surface area (Å²) in [5.74, 6) is 0.362. The van der Waals surface area contributed by atoms with E-state index in [-0.39, 0.29) is 16.3 Å². The van der Waals surface area contributed by atoms with Gasteiger partial charge in [0.1, 0.15) is 5.82 Å². The average Bonchev–Trinajstić information content (AvgIpc) is 2.39. The van der Waals surface area contributed by atoms with Crippen LogP contribution in [-0.2, 0) is 15.9 Å². The van der Waals surface area contributed by atoms with Crippen LogP contribution in [0, 0.1) is 5.82 Å². The van der Waals surface area contributed by atoms with Crippen LogP contribution < -0.4 is 0 Å². The molecule has 0 bridgehead atoms. The van der Waals surface area contributed by atoms with Crippen molar-refractivity contribution in [1.82, 2.24) is 4.31 Å². The molecule has 0 atom stereocenters. The number of thioether (sulfide) groups is 1. The van der Waals surface area contributed by atoms with Crippen molar-refractivity contribution in [3.8, 4) is 0 Å². The number of hydrogen-bond acceptors (Lipinski definition) is 3. The summed E-state index contributed by atoms with van der Waals surface area (Å²) < 4.78 is 39.1. The fourth-order valence-corrected chi connectivity index (χ4v) is 3.43. The standard InChI is InChI=1S/C12H17ClFNO2S2/c1-15(6-3-7-18-2)19(16,17)11-4-5-12(14)10(8-11)9-13/h4-5,8H,3,6-7,9H2,1-2H3. The molecule has 1 rings (SSSR count). The van der Waals surface area contributed by atoms with Gasteiger partial charge >= 0.3 is 0 Å². The lowest BCUT2D eigenvalue weighted by Gasteiger charge is -2.17. The second-order valence-corrected chi connectivity index (χ2v) is 7.36. The quantitative estimate of drug-likeness (QED) is 0.571. The fraction of sp³-hybridized carbons (Fsp3) is 0.500. The Kier molecular flexibility index (Phi) is 6.59. The van der Waals surface area contributed by atoms with Gasteiger partial charge in [-0.05, 0) is 36.6 Å². The molecule has 1 aromatic rings. The number of hydrogen-bond donors (Lipinski definition) is 0. The van der Waals surface area contributed by atoms with Crippen molar-refractivity contribution in [3.05, 3.63) is 29.6 Å². The van der Waals surface area contributed by atoms with Gasteiger partial charge in [0, 0.05) is 19.2 Å². The highest BCUT2D eigenvalue weighted by molar-refractivity contribution is 7.98. The van der Waals surface area contributed by atoms with Crippen LogP contribution in [0.2, 0.25) is 0 Å². The first-order valence-electron chi connectivity index (χ1n) is 5.73. The molecule has 0 radical (unpaired) electrons. The Morgan fingerprint density at radius 2 is 2.11 bits per heavy atom. The Balaban J connectivity index is 2.93. The van der Waals surface area contributed by atoms with E-state index in [1.54, 1.807) is 11.8 Å². The smallest absolute Gasteiger partial charge is 0.207 e. The number of sulfonamides is 1. The van der Waals surface area contributed by atoms with Crippen molar-refractivity contribution in [1.29, 1.82) is 0 Å². The Hall–Kier alpha value is -0.300. The Morgan fingerprint density at radius 1 is 1.42 bits per heavy atom. The summed E-state index contributed by atoms with van der Waals surface area (Å²) in [6, 6.07) is 3.70. The minimum absolute atomic E-state index is 0.0502. The van der Waals surface area contributed by atoms with Crippen LogP contribution in [0.5, 0.6) is 0 Å². The summed E-state index contributed by atoms with van der Waals surface area (Å²) in [5.41, 5.74) is 0.195. The summed E-state index contributed by atoms with van der Waals surface area (Å²) in [7, 11) is -2.04. The van der Waals surface area contributed by atoms with E-state index in [0.29, 0.717) is 6.54 Å².